The van der Waals surface area contributed by atoms with E-state index in [2.05, 4.69) is 0 Å². The third kappa shape index (κ3) is 2.50. The molecule has 1 aliphatic rings. The number of hydrogen-bond donors (Lipinski definition) is 1. The summed E-state index contributed by atoms with van der Waals surface area (Å²) in [4.78, 5) is 11.5. The monoisotopic (exact) mass is 248 g/mol. The molecule has 0 spiro atoms. The summed E-state index contributed by atoms with van der Waals surface area (Å²) in [5.74, 6) is 0.0354. The van der Waals surface area contributed by atoms with Crippen LogP contribution in [-0.2, 0) is 4.79 Å². The van der Waals surface area contributed by atoms with Crippen LogP contribution in [0, 0.1) is 12.8 Å². The summed E-state index contributed by atoms with van der Waals surface area (Å²) in [7, 11) is 1.63. The van der Waals surface area contributed by atoms with Crippen LogP contribution in [0.1, 0.15) is 42.7 Å². The lowest BCUT2D eigenvalue weighted by atomic mass is 9.84. The number of rotatable bonds is 4. The molecule has 1 N–H and O–H groups in total. The first-order valence-electron chi connectivity index (χ1n) is 6.51. The second kappa shape index (κ2) is 5.42. The predicted octanol–water partition coefficient (Wildman–Crippen LogP) is 3.36. The molecule has 0 aliphatic heterocycles. The molecule has 0 aromatic heterocycles. The zero-order valence-electron chi connectivity index (χ0n) is 11.0. The largest absolute Gasteiger partial charge is 0.496 e. The molecule has 1 atom stereocenters. The standard InChI is InChI=1S/C15H20O3/c1-10-9-12(7-8-13(10)18-2)14(15(16)17)11-5-3-4-6-11/h7-9,11,14H,3-6H2,1-2H3,(H,16,17). The van der Waals surface area contributed by atoms with Crippen molar-refractivity contribution in [3.05, 3.63) is 29.3 Å². The van der Waals surface area contributed by atoms with Crippen LogP contribution in [0.3, 0.4) is 0 Å². The Morgan fingerprint density at radius 1 is 1.39 bits per heavy atom. The van der Waals surface area contributed by atoms with Crippen molar-refractivity contribution in [1.82, 2.24) is 0 Å². The molecule has 3 heteroatoms. The minimum absolute atomic E-state index is 0.287. The molecule has 1 aromatic rings. The molecule has 18 heavy (non-hydrogen) atoms. The molecule has 0 heterocycles. The maximum atomic E-state index is 11.5. The number of aryl methyl sites for hydroxylation is 1. The predicted molar refractivity (Wildman–Crippen MR) is 70.1 cm³/mol. The Morgan fingerprint density at radius 2 is 2.06 bits per heavy atom. The van der Waals surface area contributed by atoms with E-state index in [0.29, 0.717) is 0 Å². The van der Waals surface area contributed by atoms with Gasteiger partial charge in [-0.05, 0) is 42.9 Å². The highest BCUT2D eigenvalue weighted by Crippen LogP contribution is 2.38. The first kappa shape index (κ1) is 12.9. The van der Waals surface area contributed by atoms with E-state index in [-0.39, 0.29) is 11.8 Å². The van der Waals surface area contributed by atoms with Crippen LogP contribution >= 0.6 is 0 Å². The Hall–Kier alpha value is -1.51. The molecule has 1 unspecified atom stereocenters. The number of methoxy groups -OCH3 is 1. The van der Waals surface area contributed by atoms with E-state index < -0.39 is 5.97 Å². The molecule has 2 rings (SSSR count). The highest BCUT2D eigenvalue weighted by molar-refractivity contribution is 5.76. The first-order valence-corrected chi connectivity index (χ1v) is 6.51. The van der Waals surface area contributed by atoms with Crippen molar-refractivity contribution < 1.29 is 14.6 Å². The second-order valence-corrected chi connectivity index (χ2v) is 5.09. The Bertz CT molecular complexity index is 433. The summed E-state index contributed by atoms with van der Waals surface area (Å²) in [6.45, 7) is 1.95. The SMILES string of the molecule is COc1ccc(C(C(=O)O)C2CCCC2)cc1C. The lowest BCUT2D eigenvalue weighted by Crippen LogP contribution is -2.19. The molecule has 0 bridgehead atoms. The lowest BCUT2D eigenvalue weighted by Gasteiger charge is -2.20. The zero-order chi connectivity index (χ0) is 13.1. The third-order valence-electron chi connectivity index (χ3n) is 3.92. The fourth-order valence-electron chi connectivity index (χ4n) is 3.00. The van der Waals surface area contributed by atoms with Gasteiger partial charge in [0.15, 0.2) is 0 Å². The summed E-state index contributed by atoms with van der Waals surface area (Å²) < 4.78 is 5.22. The molecule has 1 saturated carbocycles. The highest BCUT2D eigenvalue weighted by Gasteiger charge is 2.32. The molecule has 98 valence electrons. The number of aliphatic carboxylic acids is 1. The molecule has 1 aliphatic carbocycles. The van der Waals surface area contributed by atoms with Gasteiger partial charge in [0.1, 0.15) is 5.75 Å². The summed E-state index contributed by atoms with van der Waals surface area (Å²) in [6.07, 6.45) is 4.37. The van der Waals surface area contributed by atoms with E-state index >= 15 is 0 Å². The Balaban J connectivity index is 2.30. The van der Waals surface area contributed by atoms with Gasteiger partial charge >= 0.3 is 5.97 Å². The molecule has 0 saturated heterocycles. The van der Waals surface area contributed by atoms with Crippen molar-refractivity contribution in [2.75, 3.05) is 7.11 Å². The Kier molecular flexibility index (Phi) is 3.90. The van der Waals surface area contributed by atoms with E-state index in [1.165, 1.54) is 0 Å². The number of benzene rings is 1. The van der Waals surface area contributed by atoms with E-state index in [0.717, 1.165) is 42.6 Å². The van der Waals surface area contributed by atoms with Crippen LogP contribution in [0.2, 0.25) is 0 Å². The summed E-state index contributed by atoms with van der Waals surface area (Å²) in [5.41, 5.74) is 1.91. The molecular weight excluding hydrogens is 228 g/mol. The average Bonchev–Trinajstić information content (AvgIpc) is 2.82. The van der Waals surface area contributed by atoms with Crippen LogP contribution in [0.5, 0.6) is 5.75 Å². The summed E-state index contributed by atoms with van der Waals surface area (Å²) in [6, 6.07) is 5.72. The van der Waals surface area contributed by atoms with E-state index in [9.17, 15) is 9.90 Å². The quantitative estimate of drug-likeness (QED) is 0.888. The normalized spacial score (nSPS) is 17.7. The van der Waals surface area contributed by atoms with Gasteiger partial charge in [0.25, 0.3) is 0 Å². The van der Waals surface area contributed by atoms with Gasteiger partial charge in [-0.3, -0.25) is 4.79 Å². The molecule has 0 amide bonds. The van der Waals surface area contributed by atoms with Gasteiger partial charge in [0, 0.05) is 0 Å². The van der Waals surface area contributed by atoms with Crippen molar-refractivity contribution in [2.24, 2.45) is 5.92 Å². The van der Waals surface area contributed by atoms with Crippen molar-refractivity contribution in [1.29, 1.82) is 0 Å². The van der Waals surface area contributed by atoms with Gasteiger partial charge in [-0.2, -0.15) is 0 Å². The highest BCUT2D eigenvalue weighted by atomic mass is 16.5. The Morgan fingerprint density at radius 3 is 2.56 bits per heavy atom. The van der Waals surface area contributed by atoms with Gasteiger partial charge in [-0.1, -0.05) is 25.0 Å². The summed E-state index contributed by atoms with van der Waals surface area (Å²) in [5, 5.41) is 9.47. The van der Waals surface area contributed by atoms with Crippen LogP contribution in [0.4, 0.5) is 0 Å². The number of carbonyl (C=O) groups is 1. The lowest BCUT2D eigenvalue weighted by molar-refractivity contribution is -0.140. The number of carboxylic acids is 1. The Labute approximate surface area is 108 Å². The molecule has 0 radical (unpaired) electrons. The van der Waals surface area contributed by atoms with Gasteiger partial charge < -0.3 is 9.84 Å². The molecule has 1 fully saturated rings. The van der Waals surface area contributed by atoms with Gasteiger partial charge in [0.2, 0.25) is 0 Å². The maximum Gasteiger partial charge on any atom is 0.311 e. The van der Waals surface area contributed by atoms with E-state index in [1.54, 1.807) is 7.11 Å². The van der Waals surface area contributed by atoms with Crippen LogP contribution in [0.15, 0.2) is 18.2 Å². The van der Waals surface area contributed by atoms with Crippen molar-refractivity contribution in [3.8, 4) is 5.75 Å². The molecule has 1 aromatic carbocycles. The number of ether oxygens (including phenoxy) is 1. The van der Waals surface area contributed by atoms with Crippen molar-refractivity contribution in [3.63, 3.8) is 0 Å². The summed E-state index contributed by atoms with van der Waals surface area (Å²) >= 11 is 0. The minimum atomic E-state index is -0.702. The first-order chi connectivity index (χ1) is 8.63. The second-order valence-electron chi connectivity index (χ2n) is 5.09. The zero-order valence-corrected chi connectivity index (χ0v) is 11.0. The van der Waals surface area contributed by atoms with Gasteiger partial charge in [0.05, 0.1) is 13.0 Å². The van der Waals surface area contributed by atoms with Gasteiger partial charge in [-0.15, -0.1) is 0 Å². The van der Waals surface area contributed by atoms with Gasteiger partial charge in [-0.25, -0.2) is 0 Å². The van der Waals surface area contributed by atoms with Crippen LogP contribution in [-0.4, -0.2) is 18.2 Å². The topological polar surface area (TPSA) is 46.5 Å². The van der Waals surface area contributed by atoms with Crippen LogP contribution in [0.25, 0.3) is 0 Å². The molecule has 3 nitrogen and oxygen atoms in total. The van der Waals surface area contributed by atoms with Crippen molar-refractivity contribution >= 4 is 5.97 Å². The fraction of sp³-hybridized carbons (Fsp3) is 0.533. The molecular formula is C15H20O3. The van der Waals surface area contributed by atoms with Crippen LogP contribution < -0.4 is 4.74 Å². The van der Waals surface area contributed by atoms with E-state index in [4.69, 9.17) is 4.74 Å². The van der Waals surface area contributed by atoms with E-state index in [1.807, 2.05) is 25.1 Å². The number of carboxylic acid groups (broad SMARTS) is 1. The minimum Gasteiger partial charge on any atom is -0.496 e. The maximum absolute atomic E-state index is 11.5. The average molecular weight is 248 g/mol. The smallest absolute Gasteiger partial charge is 0.311 e. The van der Waals surface area contributed by atoms with Crippen molar-refractivity contribution in [2.45, 2.75) is 38.5 Å². The third-order valence-corrected chi connectivity index (χ3v) is 3.92. The number of hydrogen-bond acceptors (Lipinski definition) is 2. The fourth-order valence-corrected chi connectivity index (χ4v) is 3.00.